The van der Waals surface area contributed by atoms with Gasteiger partial charge in [-0.15, -0.1) is 0 Å². The van der Waals surface area contributed by atoms with Gasteiger partial charge < -0.3 is 14.4 Å². The van der Waals surface area contributed by atoms with Crippen LogP contribution in [-0.2, 0) is 10.2 Å². The van der Waals surface area contributed by atoms with Gasteiger partial charge in [0.25, 0.3) is 0 Å². The molecular weight excluding hydrogens is 274 g/mol. The maximum Gasteiger partial charge on any atom is 0.123 e. The van der Waals surface area contributed by atoms with Crippen molar-refractivity contribution in [2.75, 3.05) is 39.5 Å². The number of quaternary nitrogens is 1. The minimum atomic E-state index is 0.124. The number of benzene rings is 1. The fourth-order valence-electron chi connectivity index (χ4n) is 2.93. The van der Waals surface area contributed by atoms with Crippen molar-refractivity contribution in [3.05, 3.63) is 29.3 Å². The molecule has 0 spiro atoms. The molecule has 1 heterocycles. The van der Waals surface area contributed by atoms with Crippen LogP contribution in [-0.4, -0.2) is 39.5 Å². The summed E-state index contributed by atoms with van der Waals surface area (Å²) in [5.74, 6) is 1.05. The van der Waals surface area contributed by atoms with E-state index in [2.05, 4.69) is 45.9 Å². The molecule has 1 aliphatic heterocycles. The predicted molar refractivity (Wildman–Crippen MR) is 91.0 cm³/mol. The average molecular weight is 306 g/mol. The summed E-state index contributed by atoms with van der Waals surface area (Å²) in [7, 11) is 0. The van der Waals surface area contributed by atoms with Crippen LogP contribution in [0.1, 0.15) is 44.7 Å². The van der Waals surface area contributed by atoms with Crippen molar-refractivity contribution in [3.8, 4) is 5.75 Å². The van der Waals surface area contributed by atoms with Crippen LogP contribution in [0.3, 0.4) is 0 Å². The second kappa shape index (κ2) is 7.98. The van der Waals surface area contributed by atoms with Gasteiger partial charge in [0.05, 0.1) is 26.4 Å². The maximum atomic E-state index is 6.07. The summed E-state index contributed by atoms with van der Waals surface area (Å²) in [6.07, 6.45) is 2.36. The fraction of sp³-hybridized carbons (Fsp3) is 0.684. The van der Waals surface area contributed by atoms with Crippen LogP contribution in [0.4, 0.5) is 0 Å². The first-order chi connectivity index (χ1) is 10.5. The van der Waals surface area contributed by atoms with Crippen LogP contribution >= 0.6 is 0 Å². The molecule has 0 atom stereocenters. The molecule has 0 aliphatic carbocycles. The minimum Gasteiger partial charge on any atom is -0.493 e. The summed E-state index contributed by atoms with van der Waals surface area (Å²) in [6.45, 7) is 15.1. The SMILES string of the molecule is Cc1ccc(OCCCC[NH+]2CCOCC2)c(C(C)(C)C)c1. The molecule has 0 amide bonds. The van der Waals surface area contributed by atoms with Crippen molar-refractivity contribution in [2.24, 2.45) is 0 Å². The minimum absolute atomic E-state index is 0.124. The Morgan fingerprint density at radius 3 is 2.55 bits per heavy atom. The Morgan fingerprint density at radius 1 is 1.14 bits per heavy atom. The molecule has 1 aromatic rings. The molecule has 1 fully saturated rings. The summed E-state index contributed by atoms with van der Waals surface area (Å²) >= 11 is 0. The van der Waals surface area contributed by atoms with E-state index in [1.807, 2.05) is 0 Å². The number of hydrogen-bond acceptors (Lipinski definition) is 2. The van der Waals surface area contributed by atoms with E-state index in [0.29, 0.717) is 0 Å². The van der Waals surface area contributed by atoms with Gasteiger partial charge in [-0.25, -0.2) is 0 Å². The first-order valence-corrected chi connectivity index (χ1v) is 8.62. The summed E-state index contributed by atoms with van der Waals surface area (Å²) in [5.41, 5.74) is 2.73. The predicted octanol–water partition coefficient (Wildman–Crippen LogP) is 2.37. The van der Waals surface area contributed by atoms with Gasteiger partial charge in [0.1, 0.15) is 18.8 Å². The highest BCUT2D eigenvalue weighted by atomic mass is 16.5. The van der Waals surface area contributed by atoms with Gasteiger partial charge in [-0.3, -0.25) is 0 Å². The standard InChI is InChI=1S/C19H31NO2/c1-16-7-8-18(17(15-16)19(2,3)4)22-12-6-5-9-20-10-13-21-14-11-20/h7-8,15H,5-6,9-14H2,1-4H3/p+1. The highest BCUT2D eigenvalue weighted by molar-refractivity contribution is 5.41. The van der Waals surface area contributed by atoms with Crippen molar-refractivity contribution in [1.29, 1.82) is 0 Å². The molecule has 3 heteroatoms. The summed E-state index contributed by atoms with van der Waals surface area (Å²) < 4.78 is 11.5. The third-order valence-corrected chi connectivity index (χ3v) is 4.33. The number of aryl methyl sites for hydroxylation is 1. The molecule has 0 unspecified atom stereocenters. The molecule has 0 saturated carbocycles. The first kappa shape index (κ1) is 17.3. The number of morpholine rings is 1. The van der Waals surface area contributed by atoms with Gasteiger partial charge in [-0.2, -0.15) is 0 Å². The lowest BCUT2D eigenvalue weighted by atomic mass is 9.85. The van der Waals surface area contributed by atoms with Gasteiger partial charge in [0.2, 0.25) is 0 Å². The fourth-order valence-corrected chi connectivity index (χ4v) is 2.93. The largest absolute Gasteiger partial charge is 0.493 e. The van der Waals surface area contributed by atoms with E-state index in [1.165, 1.54) is 24.1 Å². The zero-order chi connectivity index (χ0) is 16.0. The number of rotatable bonds is 6. The molecule has 22 heavy (non-hydrogen) atoms. The van der Waals surface area contributed by atoms with Crippen LogP contribution in [0.25, 0.3) is 0 Å². The molecule has 124 valence electrons. The van der Waals surface area contributed by atoms with Crippen LogP contribution in [0.15, 0.2) is 18.2 Å². The molecule has 3 nitrogen and oxygen atoms in total. The molecule has 0 radical (unpaired) electrons. The van der Waals surface area contributed by atoms with Crippen LogP contribution in [0.2, 0.25) is 0 Å². The lowest BCUT2D eigenvalue weighted by Gasteiger charge is -2.24. The molecule has 2 rings (SSSR count). The molecule has 1 saturated heterocycles. The van der Waals surface area contributed by atoms with Crippen molar-refractivity contribution in [1.82, 2.24) is 0 Å². The Hall–Kier alpha value is -1.06. The number of hydrogen-bond donors (Lipinski definition) is 1. The lowest BCUT2D eigenvalue weighted by Crippen LogP contribution is -3.14. The first-order valence-electron chi connectivity index (χ1n) is 8.62. The van der Waals surface area contributed by atoms with Crippen molar-refractivity contribution in [2.45, 2.75) is 46.0 Å². The normalized spacial score (nSPS) is 16.7. The Labute approximate surface area is 135 Å². The maximum absolute atomic E-state index is 6.07. The molecule has 1 aliphatic rings. The lowest BCUT2D eigenvalue weighted by molar-refractivity contribution is -0.908. The summed E-state index contributed by atoms with van der Waals surface area (Å²) in [4.78, 5) is 1.68. The topological polar surface area (TPSA) is 22.9 Å². The molecule has 0 bridgehead atoms. The van der Waals surface area contributed by atoms with Crippen molar-refractivity contribution in [3.63, 3.8) is 0 Å². The van der Waals surface area contributed by atoms with Crippen LogP contribution < -0.4 is 9.64 Å². The van der Waals surface area contributed by atoms with E-state index >= 15 is 0 Å². The zero-order valence-corrected chi connectivity index (χ0v) is 14.7. The summed E-state index contributed by atoms with van der Waals surface area (Å²) in [5, 5.41) is 0. The van der Waals surface area contributed by atoms with Crippen LogP contribution in [0.5, 0.6) is 5.75 Å². The third kappa shape index (κ3) is 5.29. The molecule has 0 aromatic heterocycles. The van der Waals surface area contributed by atoms with E-state index in [9.17, 15) is 0 Å². The number of unbranched alkanes of at least 4 members (excludes halogenated alkanes) is 1. The van der Waals surface area contributed by atoms with Gasteiger partial charge in [0, 0.05) is 0 Å². The Balaban J connectivity index is 1.77. The van der Waals surface area contributed by atoms with E-state index in [1.54, 1.807) is 4.90 Å². The second-order valence-corrected chi connectivity index (χ2v) is 7.42. The molecular formula is C19H32NO2+. The monoisotopic (exact) mass is 306 g/mol. The Kier molecular flexibility index (Phi) is 6.27. The van der Waals surface area contributed by atoms with Crippen LogP contribution in [0, 0.1) is 6.92 Å². The summed E-state index contributed by atoms with van der Waals surface area (Å²) in [6, 6.07) is 6.53. The van der Waals surface area contributed by atoms with Gasteiger partial charge in [0.15, 0.2) is 0 Å². The van der Waals surface area contributed by atoms with E-state index < -0.39 is 0 Å². The average Bonchev–Trinajstić information content (AvgIpc) is 2.48. The van der Waals surface area contributed by atoms with Gasteiger partial charge in [-0.05, 0) is 36.8 Å². The Morgan fingerprint density at radius 2 is 1.86 bits per heavy atom. The van der Waals surface area contributed by atoms with Crippen molar-refractivity contribution >= 4 is 0 Å². The molecule has 1 N–H and O–H groups in total. The van der Waals surface area contributed by atoms with E-state index in [0.717, 1.165) is 45.1 Å². The quantitative estimate of drug-likeness (QED) is 0.816. The zero-order valence-electron chi connectivity index (χ0n) is 14.7. The highest BCUT2D eigenvalue weighted by Gasteiger charge is 2.19. The number of nitrogens with one attached hydrogen (secondary N) is 1. The second-order valence-electron chi connectivity index (χ2n) is 7.42. The highest BCUT2D eigenvalue weighted by Crippen LogP contribution is 2.32. The number of ether oxygens (including phenoxy) is 2. The smallest absolute Gasteiger partial charge is 0.123 e. The van der Waals surface area contributed by atoms with E-state index in [4.69, 9.17) is 9.47 Å². The Bertz CT molecular complexity index is 459. The third-order valence-electron chi connectivity index (χ3n) is 4.33. The van der Waals surface area contributed by atoms with Crippen molar-refractivity contribution < 1.29 is 14.4 Å². The molecule has 1 aromatic carbocycles. The van der Waals surface area contributed by atoms with Gasteiger partial charge in [-0.1, -0.05) is 38.5 Å². The van der Waals surface area contributed by atoms with Gasteiger partial charge >= 0.3 is 0 Å². The van der Waals surface area contributed by atoms with E-state index in [-0.39, 0.29) is 5.41 Å².